The normalized spacial score (nSPS) is 17.5. The molecule has 0 aliphatic carbocycles. The number of benzene rings is 1. The van der Waals surface area contributed by atoms with Gasteiger partial charge in [0.1, 0.15) is 4.99 Å². The molecule has 1 aromatic carbocycles. The van der Waals surface area contributed by atoms with Gasteiger partial charge in [-0.1, -0.05) is 12.2 Å². The maximum Gasteiger partial charge on any atom is 0.260 e. The van der Waals surface area contributed by atoms with Crippen LogP contribution in [-0.4, -0.2) is 73.3 Å². The van der Waals surface area contributed by atoms with Crippen LogP contribution in [0, 0.1) is 0 Å². The first-order valence-corrected chi connectivity index (χ1v) is 10.1. The van der Waals surface area contributed by atoms with Crippen molar-refractivity contribution in [3.63, 3.8) is 0 Å². The average molecular weight is 393 g/mol. The molecule has 7 heteroatoms. The zero-order chi connectivity index (χ0) is 19.1. The van der Waals surface area contributed by atoms with E-state index in [-0.39, 0.29) is 12.5 Å². The first kappa shape index (κ1) is 19.9. The molecule has 1 aromatic rings. The monoisotopic (exact) mass is 392 g/mol. The Hall–Kier alpha value is -1.86. The molecular formula is C20H28N2O4S. The molecule has 1 amide bonds. The van der Waals surface area contributed by atoms with Crippen LogP contribution in [0.2, 0.25) is 0 Å². The lowest BCUT2D eigenvalue weighted by molar-refractivity contribution is -0.137. The van der Waals surface area contributed by atoms with Crippen LogP contribution >= 0.6 is 12.2 Å². The molecule has 0 aromatic heterocycles. The van der Waals surface area contributed by atoms with Gasteiger partial charge in [0.15, 0.2) is 18.1 Å². The molecule has 2 saturated heterocycles. The zero-order valence-corrected chi connectivity index (χ0v) is 16.8. The number of hydrogen-bond acceptors (Lipinski definition) is 5. The van der Waals surface area contributed by atoms with E-state index in [4.69, 9.17) is 26.4 Å². The lowest BCUT2D eigenvalue weighted by Gasteiger charge is -2.29. The van der Waals surface area contributed by atoms with Crippen LogP contribution in [0.5, 0.6) is 11.5 Å². The second kappa shape index (κ2) is 9.90. The van der Waals surface area contributed by atoms with Crippen molar-refractivity contribution < 1.29 is 19.0 Å². The van der Waals surface area contributed by atoms with E-state index >= 15 is 0 Å². The number of morpholine rings is 1. The first-order chi connectivity index (χ1) is 13.2. The summed E-state index contributed by atoms with van der Waals surface area (Å²) in [4.78, 5) is 17.2. The van der Waals surface area contributed by atoms with E-state index < -0.39 is 0 Å². The van der Waals surface area contributed by atoms with Gasteiger partial charge in [-0.2, -0.15) is 0 Å². The number of likely N-dealkylation sites (tertiary alicyclic amines) is 1. The molecule has 0 saturated carbocycles. The topological polar surface area (TPSA) is 51.2 Å². The standard InChI is InChI=1S/C20H28N2O4S/c1-2-25-18-14-16(20(27)22-8-4-3-5-9-22)6-7-17(18)26-15-19(23)21-10-12-24-13-11-21/h6-7,14H,2-5,8-13,15H2,1H3. The Balaban J connectivity index is 1.65. The quantitative estimate of drug-likeness (QED) is 0.694. The fourth-order valence-corrected chi connectivity index (χ4v) is 3.66. The van der Waals surface area contributed by atoms with Crippen molar-refractivity contribution in [1.29, 1.82) is 0 Å². The van der Waals surface area contributed by atoms with Gasteiger partial charge in [0.25, 0.3) is 5.91 Å². The number of carbonyl (C=O) groups excluding carboxylic acids is 1. The predicted octanol–water partition coefficient (Wildman–Crippen LogP) is 2.48. The maximum absolute atomic E-state index is 12.3. The smallest absolute Gasteiger partial charge is 0.260 e. The molecule has 0 unspecified atom stereocenters. The number of nitrogens with zero attached hydrogens (tertiary/aromatic N) is 2. The zero-order valence-electron chi connectivity index (χ0n) is 15.9. The van der Waals surface area contributed by atoms with Gasteiger partial charge >= 0.3 is 0 Å². The van der Waals surface area contributed by atoms with E-state index in [2.05, 4.69) is 4.90 Å². The van der Waals surface area contributed by atoms with Gasteiger partial charge in [-0.25, -0.2) is 0 Å². The maximum atomic E-state index is 12.3. The van der Waals surface area contributed by atoms with Crippen molar-refractivity contribution >= 4 is 23.1 Å². The number of amides is 1. The van der Waals surface area contributed by atoms with Crippen LogP contribution in [0.4, 0.5) is 0 Å². The summed E-state index contributed by atoms with van der Waals surface area (Å²) in [6.45, 7) is 6.86. The van der Waals surface area contributed by atoms with Gasteiger partial charge in [0.2, 0.25) is 0 Å². The first-order valence-electron chi connectivity index (χ1n) is 9.73. The van der Waals surface area contributed by atoms with Crippen molar-refractivity contribution in [2.24, 2.45) is 0 Å². The summed E-state index contributed by atoms with van der Waals surface area (Å²) in [5, 5.41) is 0. The van der Waals surface area contributed by atoms with Crippen molar-refractivity contribution in [3.8, 4) is 11.5 Å². The molecule has 0 N–H and O–H groups in total. The van der Waals surface area contributed by atoms with E-state index in [9.17, 15) is 4.79 Å². The van der Waals surface area contributed by atoms with E-state index in [1.54, 1.807) is 4.90 Å². The lowest BCUT2D eigenvalue weighted by Crippen LogP contribution is -2.43. The predicted molar refractivity (Wildman–Crippen MR) is 108 cm³/mol. The van der Waals surface area contributed by atoms with Crippen LogP contribution in [0.15, 0.2) is 18.2 Å². The minimum absolute atomic E-state index is 0.00398. The highest BCUT2D eigenvalue weighted by Gasteiger charge is 2.19. The molecular weight excluding hydrogens is 364 g/mol. The van der Waals surface area contributed by atoms with Crippen LogP contribution in [0.3, 0.4) is 0 Å². The highest BCUT2D eigenvalue weighted by molar-refractivity contribution is 7.80. The molecule has 6 nitrogen and oxygen atoms in total. The van der Waals surface area contributed by atoms with E-state index in [1.807, 2.05) is 25.1 Å². The summed E-state index contributed by atoms with van der Waals surface area (Å²) in [7, 11) is 0. The summed E-state index contributed by atoms with van der Waals surface area (Å²) in [6.07, 6.45) is 3.64. The second-order valence-corrected chi connectivity index (χ2v) is 7.12. The molecule has 2 fully saturated rings. The van der Waals surface area contributed by atoms with Crippen LogP contribution in [-0.2, 0) is 9.53 Å². The van der Waals surface area contributed by atoms with Gasteiger partial charge < -0.3 is 24.0 Å². The number of carbonyl (C=O) groups is 1. The Kier molecular flexibility index (Phi) is 7.29. The summed E-state index contributed by atoms with van der Waals surface area (Å²) in [5.74, 6) is 1.17. The highest BCUT2D eigenvalue weighted by atomic mass is 32.1. The third-order valence-electron chi connectivity index (χ3n) is 4.85. The highest BCUT2D eigenvalue weighted by Crippen LogP contribution is 2.30. The molecule has 0 bridgehead atoms. The average Bonchev–Trinajstić information content (AvgIpc) is 2.73. The summed E-state index contributed by atoms with van der Waals surface area (Å²) < 4.78 is 16.8. The summed E-state index contributed by atoms with van der Waals surface area (Å²) in [5.41, 5.74) is 0.960. The third kappa shape index (κ3) is 5.32. The minimum Gasteiger partial charge on any atom is -0.490 e. The fraction of sp³-hybridized carbons (Fsp3) is 0.600. The Morgan fingerprint density at radius 3 is 2.48 bits per heavy atom. The Morgan fingerprint density at radius 1 is 1.04 bits per heavy atom. The molecule has 2 aliphatic rings. The van der Waals surface area contributed by atoms with Crippen LogP contribution < -0.4 is 9.47 Å². The Morgan fingerprint density at radius 2 is 1.78 bits per heavy atom. The van der Waals surface area contributed by atoms with Crippen molar-refractivity contribution in [2.75, 3.05) is 52.6 Å². The number of thiocarbonyl (C=S) groups is 1. The number of rotatable bonds is 6. The van der Waals surface area contributed by atoms with Crippen molar-refractivity contribution in [1.82, 2.24) is 9.80 Å². The number of hydrogen-bond donors (Lipinski definition) is 0. The fourth-order valence-electron chi connectivity index (χ4n) is 3.35. The molecule has 148 valence electrons. The molecule has 27 heavy (non-hydrogen) atoms. The lowest BCUT2D eigenvalue weighted by atomic mass is 10.1. The largest absolute Gasteiger partial charge is 0.490 e. The van der Waals surface area contributed by atoms with Gasteiger partial charge in [-0.05, 0) is 44.4 Å². The molecule has 0 atom stereocenters. The molecule has 0 spiro atoms. The van der Waals surface area contributed by atoms with E-state index in [0.717, 1.165) is 23.6 Å². The number of ether oxygens (including phenoxy) is 3. The van der Waals surface area contributed by atoms with Crippen molar-refractivity contribution in [2.45, 2.75) is 26.2 Å². The molecule has 2 heterocycles. The van der Waals surface area contributed by atoms with Gasteiger partial charge in [-0.15, -0.1) is 0 Å². The van der Waals surface area contributed by atoms with Crippen LogP contribution in [0.25, 0.3) is 0 Å². The van der Waals surface area contributed by atoms with Gasteiger partial charge in [0, 0.05) is 31.7 Å². The van der Waals surface area contributed by atoms with E-state index in [0.29, 0.717) is 44.4 Å². The summed E-state index contributed by atoms with van der Waals surface area (Å²) in [6, 6.07) is 5.73. The molecule has 3 rings (SSSR count). The SMILES string of the molecule is CCOc1cc(C(=S)N2CCCCC2)ccc1OCC(=O)N1CCOCC1. The second-order valence-electron chi connectivity index (χ2n) is 6.73. The Bertz CT molecular complexity index is 655. The molecule has 0 radical (unpaired) electrons. The molecule has 2 aliphatic heterocycles. The van der Waals surface area contributed by atoms with E-state index in [1.165, 1.54) is 19.3 Å². The minimum atomic E-state index is -0.0336. The summed E-state index contributed by atoms with van der Waals surface area (Å²) >= 11 is 5.68. The number of piperidine rings is 1. The van der Waals surface area contributed by atoms with Crippen molar-refractivity contribution in [3.05, 3.63) is 23.8 Å². The van der Waals surface area contributed by atoms with Gasteiger partial charge in [-0.3, -0.25) is 4.79 Å². The Labute approximate surface area is 166 Å². The van der Waals surface area contributed by atoms with Gasteiger partial charge in [0.05, 0.1) is 19.8 Å². The van der Waals surface area contributed by atoms with Crippen LogP contribution in [0.1, 0.15) is 31.7 Å². The third-order valence-corrected chi connectivity index (χ3v) is 5.34.